The number of rotatable bonds is 10. The van der Waals surface area contributed by atoms with Gasteiger partial charge in [0.25, 0.3) is 5.69 Å². The van der Waals surface area contributed by atoms with Gasteiger partial charge in [-0.2, -0.15) is 5.26 Å². The summed E-state index contributed by atoms with van der Waals surface area (Å²) in [6.07, 6.45) is 4.01. The lowest BCUT2D eigenvalue weighted by Gasteiger charge is -2.17. The summed E-state index contributed by atoms with van der Waals surface area (Å²) in [5, 5.41) is 21.0. The normalized spacial score (nSPS) is 11.2. The summed E-state index contributed by atoms with van der Waals surface area (Å²) >= 11 is 0. The molecule has 0 bridgehead atoms. The van der Waals surface area contributed by atoms with Crippen LogP contribution in [0.5, 0.6) is 11.5 Å². The number of ether oxygens (including phenoxy) is 2. The Labute approximate surface area is 214 Å². The maximum absolute atomic E-state index is 11.1. The summed E-state index contributed by atoms with van der Waals surface area (Å²) in [5.41, 5.74) is 5.36. The van der Waals surface area contributed by atoms with Crippen molar-refractivity contribution in [3.05, 3.63) is 105 Å². The molecule has 1 heterocycles. The molecule has 0 aliphatic carbocycles. The van der Waals surface area contributed by atoms with Crippen molar-refractivity contribution < 1.29 is 14.4 Å². The zero-order valence-corrected chi connectivity index (χ0v) is 20.7. The highest BCUT2D eigenvalue weighted by atomic mass is 16.6. The lowest BCUT2D eigenvalue weighted by Crippen LogP contribution is -2.04. The maximum Gasteiger partial charge on any atom is 0.269 e. The van der Waals surface area contributed by atoms with E-state index in [-0.39, 0.29) is 12.3 Å². The fourth-order valence-corrected chi connectivity index (χ4v) is 3.99. The number of benzene rings is 3. The summed E-state index contributed by atoms with van der Waals surface area (Å²) < 4.78 is 12.0. The summed E-state index contributed by atoms with van der Waals surface area (Å²) in [6.45, 7) is 8.26. The smallest absolute Gasteiger partial charge is 0.269 e. The third-order valence-corrected chi connectivity index (χ3v) is 5.65. The minimum atomic E-state index is -0.435. The van der Waals surface area contributed by atoms with Crippen LogP contribution >= 0.6 is 0 Å². The zero-order valence-electron chi connectivity index (χ0n) is 20.7. The van der Waals surface area contributed by atoms with Crippen LogP contribution in [0.25, 0.3) is 22.7 Å². The average Bonchev–Trinajstić information content (AvgIpc) is 3.30. The molecular formula is C29H26N4O4. The molecule has 3 aromatic carbocycles. The molecule has 0 radical (unpaired) electrons. The molecule has 1 aromatic heterocycles. The van der Waals surface area contributed by atoms with E-state index in [2.05, 4.69) is 22.6 Å². The van der Waals surface area contributed by atoms with Gasteiger partial charge in [0.15, 0.2) is 11.5 Å². The first-order chi connectivity index (χ1) is 17.9. The molecule has 0 atom stereocenters. The van der Waals surface area contributed by atoms with Crippen molar-refractivity contribution in [3.8, 4) is 17.6 Å². The number of imidazole rings is 1. The van der Waals surface area contributed by atoms with E-state index in [0.717, 1.165) is 27.7 Å². The molecule has 37 heavy (non-hydrogen) atoms. The highest BCUT2D eigenvalue weighted by Crippen LogP contribution is 2.36. The topological polar surface area (TPSA) is 114 Å². The van der Waals surface area contributed by atoms with Gasteiger partial charge < -0.3 is 14.5 Å². The SMILES string of the molecule is C=CCc1cc(C=C(C#N)c2nc3ccc(C)cc3[nH]2)cc(OCC)c1OCc1cccc([N+](=O)[O-])c1. The van der Waals surface area contributed by atoms with Crippen molar-refractivity contribution in [2.45, 2.75) is 26.9 Å². The number of aryl methyl sites for hydroxylation is 1. The Kier molecular flexibility index (Phi) is 7.65. The molecule has 1 N–H and O–H groups in total. The maximum atomic E-state index is 11.1. The van der Waals surface area contributed by atoms with Gasteiger partial charge in [0.2, 0.25) is 0 Å². The third-order valence-electron chi connectivity index (χ3n) is 5.65. The largest absolute Gasteiger partial charge is 0.490 e. The van der Waals surface area contributed by atoms with Crippen molar-refractivity contribution in [2.24, 2.45) is 0 Å². The summed E-state index contributed by atoms with van der Waals surface area (Å²) in [5.74, 6) is 1.52. The third kappa shape index (κ3) is 5.85. The molecule has 4 rings (SSSR count). The van der Waals surface area contributed by atoms with Gasteiger partial charge >= 0.3 is 0 Å². The molecular weight excluding hydrogens is 468 g/mol. The van der Waals surface area contributed by atoms with Crippen LogP contribution in [0.3, 0.4) is 0 Å². The van der Waals surface area contributed by atoms with Gasteiger partial charge in [0.1, 0.15) is 18.5 Å². The van der Waals surface area contributed by atoms with E-state index >= 15 is 0 Å². The van der Waals surface area contributed by atoms with Crippen molar-refractivity contribution in [2.75, 3.05) is 6.61 Å². The highest BCUT2D eigenvalue weighted by molar-refractivity contribution is 5.90. The number of aromatic amines is 1. The molecule has 8 heteroatoms. The molecule has 0 saturated heterocycles. The van der Waals surface area contributed by atoms with E-state index in [1.165, 1.54) is 12.1 Å². The Morgan fingerprint density at radius 3 is 2.78 bits per heavy atom. The first kappa shape index (κ1) is 25.2. The Balaban J connectivity index is 1.71. The molecule has 0 aliphatic heterocycles. The lowest BCUT2D eigenvalue weighted by atomic mass is 10.0. The minimum Gasteiger partial charge on any atom is -0.490 e. The van der Waals surface area contributed by atoms with Crippen LogP contribution in [0.2, 0.25) is 0 Å². The molecule has 0 spiro atoms. The van der Waals surface area contributed by atoms with Crippen LogP contribution < -0.4 is 9.47 Å². The van der Waals surface area contributed by atoms with Gasteiger partial charge in [-0.25, -0.2) is 4.98 Å². The summed E-state index contributed by atoms with van der Waals surface area (Å²) in [4.78, 5) is 18.5. The van der Waals surface area contributed by atoms with Crippen molar-refractivity contribution >= 4 is 28.4 Å². The predicted octanol–water partition coefficient (Wildman–Crippen LogP) is 6.55. The number of nitrogens with zero attached hydrogens (tertiary/aromatic N) is 3. The van der Waals surface area contributed by atoms with Crippen LogP contribution in [0.15, 0.2) is 67.3 Å². The molecule has 0 aliphatic rings. The number of hydrogen-bond acceptors (Lipinski definition) is 6. The van der Waals surface area contributed by atoms with Crippen LogP contribution in [0.1, 0.15) is 35.0 Å². The predicted molar refractivity (Wildman–Crippen MR) is 143 cm³/mol. The molecule has 186 valence electrons. The van der Waals surface area contributed by atoms with Crippen LogP contribution in [0, 0.1) is 28.4 Å². The second-order valence-corrected chi connectivity index (χ2v) is 8.42. The number of allylic oxidation sites excluding steroid dienone is 2. The fraction of sp³-hybridized carbons (Fsp3) is 0.172. The molecule has 0 amide bonds. The van der Waals surface area contributed by atoms with Gasteiger partial charge in [-0.05, 0) is 67.3 Å². The molecule has 0 saturated carbocycles. The van der Waals surface area contributed by atoms with Gasteiger partial charge in [0, 0.05) is 17.7 Å². The van der Waals surface area contributed by atoms with E-state index < -0.39 is 4.92 Å². The number of nitro groups is 1. The van der Waals surface area contributed by atoms with Gasteiger partial charge in [-0.3, -0.25) is 10.1 Å². The average molecular weight is 495 g/mol. The Morgan fingerprint density at radius 1 is 1.22 bits per heavy atom. The Bertz CT molecular complexity index is 1550. The van der Waals surface area contributed by atoms with E-state index in [4.69, 9.17) is 9.47 Å². The molecule has 4 aromatic rings. The number of aromatic nitrogens is 2. The number of H-pyrrole nitrogens is 1. The zero-order chi connectivity index (χ0) is 26.4. The fourth-order valence-electron chi connectivity index (χ4n) is 3.99. The van der Waals surface area contributed by atoms with Crippen LogP contribution in [-0.4, -0.2) is 21.5 Å². The van der Waals surface area contributed by atoms with E-state index in [1.54, 1.807) is 24.3 Å². The monoisotopic (exact) mass is 494 g/mol. The lowest BCUT2D eigenvalue weighted by molar-refractivity contribution is -0.384. The number of nitro benzene ring substituents is 1. The van der Waals surface area contributed by atoms with Gasteiger partial charge in [-0.1, -0.05) is 24.3 Å². The quantitative estimate of drug-likeness (QED) is 0.116. The standard InChI is InChI=1S/C29H26N4O4/c1-4-7-22-13-21(14-23(17-30)29-31-25-11-10-19(3)12-26(25)32-29)16-27(36-5-2)28(22)37-18-20-8-6-9-24(15-20)33(34)35/h4,6,8-16H,1,5,7,18H2,2-3H3,(H,31,32). The van der Waals surface area contributed by atoms with Crippen molar-refractivity contribution in [3.63, 3.8) is 0 Å². The molecule has 0 unspecified atom stereocenters. The number of non-ortho nitro benzene ring substituents is 1. The first-order valence-electron chi connectivity index (χ1n) is 11.8. The minimum absolute atomic E-state index is 0.00251. The first-order valence-corrected chi connectivity index (χ1v) is 11.8. The highest BCUT2D eigenvalue weighted by Gasteiger charge is 2.16. The molecule has 8 nitrogen and oxygen atoms in total. The summed E-state index contributed by atoms with van der Waals surface area (Å²) in [6, 6.07) is 18.2. The van der Waals surface area contributed by atoms with E-state index in [1.807, 2.05) is 44.2 Å². The second-order valence-electron chi connectivity index (χ2n) is 8.42. The van der Waals surface area contributed by atoms with Crippen molar-refractivity contribution in [1.29, 1.82) is 5.26 Å². The number of hydrogen-bond donors (Lipinski definition) is 1. The molecule has 0 fully saturated rings. The second kappa shape index (κ2) is 11.2. The Morgan fingerprint density at radius 2 is 2.05 bits per heavy atom. The number of fused-ring (bicyclic) bond motifs is 1. The van der Waals surface area contributed by atoms with Gasteiger partial charge in [0.05, 0.1) is 28.1 Å². The summed E-state index contributed by atoms with van der Waals surface area (Å²) in [7, 11) is 0. The van der Waals surface area contributed by atoms with Crippen molar-refractivity contribution in [1.82, 2.24) is 9.97 Å². The number of nitriles is 1. The van der Waals surface area contributed by atoms with E-state index in [9.17, 15) is 15.4 Å². The van der Waals surface area contributed by atoms with Crippen LogP contribution in [-0.2, 0) is 13.0 Å². The van der Waals surface area contributed by atoms with E-state index in [0.29, 0.717) is 41.5 Å². The number of nitrogens with one attached hydrogen (secondary N) is 1. The van der Waals surface area contributed by atoms with Crippen LogP contribution in [0.4, 0.5) is 5.69 Å². The Hall–Kier alpha value is -4.90. The van der Waals surface area contributed by atoms with Gasteiger partial charge in [-0.15, -0.1) is 6.58 Å².